The number of likely N-dealkylation sites (N-methyl/N-ethyl adjacent to an activating group) is 1. The third kappa shape index (κ3) is 7.88. The number of carbonyl (C=O) groups is 3. The SMILES string of the molecule is CC(=C[C@H](C(C)C)N(C)C(=O)[C@@H](NC(=O)C1CCCCN1C(C)C)C(C)C)C(=O)Nc1ccncc1. The number of hydrogen-bond acceptors (Lipinski definition) is 5. The van der Waals surface area contributed by atoms with Crippen LogP contribution in [-0.2, 0) is 14.4 Å². The van der Waals surface area contributed by atoms with Crippen molar-refractivity contribution >= 4 is 23.4 Å². The summed E-state index contributed by atoms with van der Waals surface area (Å²) in [6.07, 6.45) is 7.98. The summed E-state index contributed by atoms with van der Waals surface area (Å²) in [6.45, 7) is 14.8. The molecule has 200 valence electrons. The summed E-state index contributed by atoms with van der Waals surface area (Å²) in [5.41, 5.74) is 1.18. The van der Waals surface area contributed by atoms with Gasteiger partial charge < -0.3 is 15.5 Å². The van der Waals surface area contributed by atoms with E-state index in [-0.39, 0.29) is 47.7 Å². The highest BCUT2D eigenvalue weighted by atomic mass is 16.2. The number of nitrogens with zero attached hydrogens (tertiary/aromatic N) is 3. The largest absolute Gasteiger partial charge is 0.343 e. The molecule has 1 fully saturated rings. The molecular weight excluding hydrogens is 454 g/mol. The Morgan fingerprint density at radius 3 is 2.25 bits per heavy atom. The number of piperidine rings is 1. The maximum atomic E-state index is 13.7. The Labute approximate surface area is 216 Å². The first-order chi connectivity index (χ1) is 16.9. The van der Waals surface area contributed by atoms with Crippen LogP contribution in [0.4, 0.5) is 5.69 Å². The first kappa shape index (κ1) is 29.5. The highest BCUT2D eigenvalue weighted by Crippen LogP contribution is 2.21. The van der Waals surface area contributed by atoms with Crippen molar-refractivity contribution in [3.8, 4) is 0 Å². The first-order valence-corrected chi connectivity index (χ1v) is 13.2. The Balaban J connectivity index is 2.17. The maximum absolute atomic E-state index is 13.7. The van der Waals surface area contributed by atoms with Crippen LogP contribution in [0.2, 0.25) is 0 Å². The Hall–Kier alpha value is -2.74. The average Bonchev–Trinajstić information content (AvgIpc) is 2.84. The molecule has 1 aliphatic rings. The van der Waals surface area contributed by atoms with Gasteiger partial charge in [0, 0.05) is 36.7 Å². The number of likely N-dealkylation sites (tertiary alicyclic amines) is 1. The molecule has 1 saturated heterocycles. The summed E-state index contributed by atoms with van der Waals surface area (Å²) >= 11 is 0. The summed E-state index contributed by atoms with van der Waals surface area (Å²) in [7, 11) is 1.75. The zero-order chi connectivity index (χ0) is 27.0. The molecule has 0 aromatic carbocycles. The van der Waals surface area contributed by atoms with Crippen molar-refractivity contribution in [2.45, 2.75) is 91.9 Å². The number of carbonyl (C=O) groups excluding carboxylic acids is 3. The van der Waals surface area contributed by atoms with Gasteiger partial charge in [-0.15, -0.1) is 0 Å². The highest BCUT2D eigenvalue weighted by Gasteiger charge is 2.36. The molecule has 0 bridgehead atoms. The van der Waals surface area contributed by atoms with Gasteiger partial charge in [-0.05, 0) is 64.1 Å². The fraction of sp³-hybridized carbons (Fsp3) is 0.643. The zero-order valence-corrected chi connectivity index (χ0v) is 23.2. The topological polar surface area (TPSA) is 94.6 Å². The van der Waals surface area contributed by atoms with Crippen LogP contribution in [0.3, 0.4) is 0 Å². The number of rotatable bonds is 10. The van der Waals surface area contributed by atoms with Crippen LogP contribution >= 0.6 is 0 Å². The van der Waals surface area contributed by atoms with E-state index < -0.39 is 6.04 Å². The van der Waals surface area contributed by atoms with E-state index in [2.05, 4.69) is 34.4 Å². The minimum Gasteiger partial charge on any atom is -0.343 e. The third-order valence-electron chi connectivity index (χ3n) is 6.94. The predicted octanol–water partition coefficient (Wildman–Crippen LogP) is 3.85. The molecule has 1 unspecified atom stereocenters. The van der Waals surface area contributed by atoms with E-state index in [1.165, 1.54) is 0 Å². The van der Waals surface area contributed by atoms with Crippen LogP contribution in [0, 0.1) is 11.8 Å². The van der Waals surface area contributed by atoms with E-state index in [4.69, 9.17) is 0 Å². The zero-order valence-electron chi connectivity index (χ0n) is 23.2. The molecule has 2 N–H and O–H groups in total. The van der Waals surface area contributed by atoms with Crippen LogP contribution in [0.15, 0.2) is 36.2 Å². The van der Waals surface area contributed by atoms with Crippen molar-refractivity contribution in [3.05, 3.63) is 36.2 Å². The Morgan fingerprint density at radius 1 is 1.06 bits per heavy atom. The monoisotopic (exact) mass is 499 g/mol. The number of nitrogens with one attached hydrogen (secondary N) is 2. The molecule has 0 spiro atoms. The van der Waals surface area contributed by atoms with Crippen LogP contribution in [0.5, 0.6) is 0 Å². The van der Waals surface area contributed by atoms with Crippen molar-refractivity contribution in [3.63, 3.8) is 0 Å². The normalized spacial score (nSPS) is 18.8. The molecule has 3 amide bonds. The minimum absolute atomic E-state index is 0.0703. The van der Waals surface area contributed by atoms with Gasteiger partial charge in [0.2, 0.25) is 11.8 Å². The van der Waals surface area contributed by atoms with Crippen LogP contribution < -0.4 is 10.6 Å². The van der Waals surface area contributed by atoms with Gasteiger partial charge in [0.15, 0.2) is 0 Å². The molecule has 0 saturated carbocycles. The third-order valence-corrected chi connectivity index (χ3v) is 6.94. The minimum atomic E-state index is -0.640. The van der Waals surface area contributed by atoms with E-state index in [0.29, 0.717) is 11.3 Å². The molecule has 8 nitrogen and oxygen atoms in total. The number of aromatic nitrogens is 1. The smallest absolute Gasteiger partial charge is 0.251 e. The maximum Gasteiger partial charge on any atom is 0.251 e. The summed E-state index contributed by atoms with van der Waals surface area (Å²) in [5.74, 6) is -0.461. The lowest BCUT2D eigenvalue weighted by molar-refractivity contribution is -0.140. The number of amides is 3. The van der Waals surface area contributed by atoms with Crippen molar-refractivity contribution in [1.82, 2.24) is 20.1 Å². The molecule has 2 heterocycles. The van der Waals surface area contributed by atoms with Crippen LogP contribution in [0.25, 0.3) is 0 Å². The quantitative estimate of drug-likeness (QED) is 0.477. The molecule has 36 heavy (non-hydrogen) atoms. The van der Waals surface area contributed by atoms with E-state index in [0.717, 1.165) is 25.8 Å². The second kappa shape index (κ2) is 13.5. The molecule has 8 heteroatoms. The lowest BCUT2D eigenvalue weighted by Gasteiger charge is -2.39. The lowest BCUT2D eigenvalue weighted by Crippen LogP contribution is -2.58. The summed E-state index contributed by atoms with van der Waals surface area (Å²) in [5, 5.41) is 5.93. The van der Waals surface area contributed by atoms with Crippen molar-refractivity contribution < 1.29 is 14.4 Å². The summed E-state index contributed by atoms with van der Waals surface area (Å²) < 4.78 is 0. The van der Waals surface area contributed by atoms with Gasteiger partial charge in [0.05, 0.1) is 12.1 Å². The van der Waals surface area contributed by atoms with Crippen molar-refractivity contribution in [1.29, 1.82) is 0 Å². The molecule has 3 atom stereocenters. The first-order valence-electron chi connectivity index (χ1n) is 13.2. The second-order valence-electron chi connectivity index (χ2n) is 10.8. The Bertz CT molecular complexity index is 913. The summed E-state index contributed by atoms with van der Waals surface area (Å²) in [6, 6.07) is 2.57. The van der Waals surface area contributed by atoms with Gasteiger partial charge in [-0.3, -0.25) is 24.3 Å². The van der Waals surface area contributed by atoms with Crippen LogP contribution in [-0.4, -0.2) is 70.3 Å². The van der Waals surface area contributed by atoms with E-state index in [9.17, 15) is 14.4 Å². The predicted molar refractivity (Wildman–Crippen MR) is 144 cm³/mol. The van der Waals surface area contributed by atoms with Gasteiger partial charge in [0.25, 0.3) is 5.91 Å². The van der Waals surface area contributed by atoms with Gasteiger partial charge in [-0.2, -0.15) is 0 Å². The summed E-state index contributed by atoms with van der Waals surface area (Å²) in [4.78, 5) is 47.6. The molecule has 0 aliphatic carbocycles. The molecule has 2 rings (SSSR count). The molecule has 0 radical (unpaired) electrons. The number of hydrogen-bond donors (Lipinski definition) is 2. The van der Waals surface area contributed by atoms with Gasteiger partial charge in [-0.1, -0.05) is 40.2 Å². The van der Waals surface area contributed by atoms with Crippen molar-refractivity contribution in [2.24, 2.45) is 11.8 Å². The molecule has 1 aliphatic heterocycles. The molecule has 1 aromatic heterocycles. The van der Waals surface area contributed by atoms with E-state index >= 15 is 0 Å². The fourth-order valence-corrected chi connectivity index (χ4v) is 4.73. The second-order valence-corrected chi connectivity index (χ2v) is 10.8. The molecule has 1 aromatic rings. The van der Waals surface area contributed by atoms with Crippen molar-refractivity contribution in [2.75, 3.05) is 18.9 Å². The van der Waals surface area contributed by atoms with Crippen LogP contribution in [0.1, 0.15) is 67.7 Å². The fourth-order valence-electron chi connectivity index (χ4n) is 4.73. The highest BCUT2D eigenvalue weighted by molar-refractivity contribution is 6.03. The van der Waals surface area contributed by atoms with Gasteiger partial charge in [-0.25, -0.2) is 0 Å². The standard InChI is InChI=1S/C28H45N5O3/c1-18(2)24(17-21(7)26(34)30-22-12-14-29-15-13-22)32(8)28(36)25(19(3)4)31-27(35)23-11-9-10-16-33(23)20(5)6/h12-15,17-20,23-25H,9-11,16H2,1-8H3,(H,31,35)(H,29,30,34)/t23?,24-,25+/m1/s1. The average molecular weight is 500 g/mol. The van der Waals surface area contributed by atoms with E-state index in [1.54, 1.807) is 43.4 Å². The Morgan fingerprint density at radius 2 is 1.69 bits per heavy atom. The lowest BCUT2D eigenvalue weighted by atomic mass is 9.95. The molecular formula is C28H45N5O3. The van der Waals surface area contributed by atoms with Gasteiger partial charge >= 0.3 is 0 Å². The number of pyridine rings is 1. The Kier molecular flexibility index (Phi) is 11.1. The van der Waals surface area contributed by atoms with Gasteiger partial charge in [0.1, 0.15) is 6.04 Å². The number of anilines is 1. The van der Waals surface area contributed by atoms with E-state index in [1.807, 2.05) is 33.8 Å².